The molecule has 1 aromatic heterocycles. The zero-order valence-corrected chi connectivity index (χ0v) is 32.4. The number of cyclic esters (lactones) is 1. The van der Waals surface area contributed by atoms with Gasteiger partial charge in [0, 0.05) is 41.6 Å². The number of alkyl carbamates (subject to hydrolysis) is 1. The Morgan fingerprint density at radius 1 is 0.982 bits per heavy atom. The third-order valence-electron chi connectivity index (χ3n) is 11.0. The van der Waals surface area contributed by atoms with Crippen molar-refractivity contribution in [3.05, 3.63) is 47.4 Å². The molecule has 1 saturated heterocycles. The van der Waals surface area contributed by atoms with Crippen LogP contribution in [0.25, 0.3) is 11.3 Å². The van der Waals surface area contributed by atoms with Crippen LogP contribution >= 0.6 is 11.3 Å². The molecule has 7 rings (SSSR count). The zero-order valence-electron chi connectivity index (χ0n) is 30.7. The number of hydrogen-bond acceptors (Lipinski definition) is 11. The molecule has 3 fully saturated rings. The minimum Gasteiger partial charge on any atom is -0.450 e. The molecule has 5 amide bonds. The SMILES string of the molecule is O=C1N[C@H]2CCCCCC=C[C@@H]3C[C@@]3(C(=O)NS(=O)(=O)C3CC3)NC(=O)[C@@H]3C[C@H](CN3C2=O)NC(=O)c2cccc(c2)-c2csc(n2)NCCCCCCO1. The van der Waals surface area contributed by atoms with E-state index >= 15 is 0 Å². The van der Waals surface area contributed by atoms with Crippen molar-refractivity contribution < 1.29 is 37.1 Å². The van der Waals surface area contributed by atoms with Gasteiger partial charge in [-0.1, -0.05) is 43.5 Å². The number of allylic oxidation sites excluding steroid dienone is 1. The van der Waals surface area contributed by atoms with Gasteiger partial charge in [0.05, 0.1) is 17.6 Å². The summed E-state index contributed by atoms with van der Waals surface area (Å²) in [5.41, 5.74) is 0.356. The van der Waals surface area contributed by atoms with E-state index in [9.17, 15) is 32.4 Å². The van der Waals surface area contributed by atoms with Crippen molar-refractivity contribution in [1.82, 2.24) is 30.6 Å². The van der Waals surface area contributed by atoms with Gasteiger partial charge in [-0.15, -0.1) is 11.3 Å². The molecule has 1 aromatic carbocycles. The van der Waals surface area contributed by atoms with E-state index in [1.165, 1.54) is 16.2 Å². The van der Waals surface area contributed by atoms with E-state index in [0.29, 0.717) is 44.1 Å². The van der Waals surface area contributed by atoms with Gasteiger partial charge in [-0.3, -0.25) is 23.9 Å². The molecule has 4 heterocycles. The number of rotatable bonds is 3. The number of hydrogen-bond donors (Lipinski definition) is 5. The predicted octanol–water partition coefficient (Wildman–Crippen LogP) is 3.59. The maximum atomic E-state index is 14.4. The van der Waals surface area contributed by atoms with Crippen LogP contribution in [0.3, 0.4) is 0 Å². The third-order valence-corrected chi connectivity index (χ3v) is 13.6. The second-order valence-electron chi connectivity index (χ2n) is 15.2. The standard InChI is InChI=1S/C38H49N7O8S2/c46-32-25-12-10-11-24(19-25)30-23-54-36(41-30)39-17-8-4-5-9-18-53-37(50)42-29-14-7-3-1-2-6-13-26-21-38(26,35(49)44-55(51,52)28-15-16-28)43-33(47)31-20-27(40-32)22-45(31)34(29)48/h6,10-13,19,23,26-29,31H,1-5,7-9,14-18,20-22H2,(H,39,41)(H,40,46)(H,42,50)(H,43,47)(H,44,49)/t26-,27-,29+,31+,38-/m1/s1. The van der Waals surface area contributed by atoms with Crippen LogP contribution in [-0.4, -0.2) is 96.6 Å². The summed E-state index contributed by atoms with van der Waals surface area (Å²) in [6.45, 7) is 0.894. The number of sulfonamides is 1. The molecule has 0 radical (unpaired) electrons. The first-order chi connectivity index (χ1) is 26.5. The number of amides is 5. The molecule has 296 valence electrons. The summed E-state index contributed by atoms with van der Waals surface area (Å²) in [6.07, 6.45) is 10.7. The topological polar surface area (TPSA) is 205 Å². The number of ether oxygens (including phenoxy) is 1. The highest BCUT2D eigenvalue weighted by atomic mass is 32.2. The van der Waals surface area contributed by atoms with E-state index in [2.05, 4.69) is 26.0 Å². The highest BCUT2D eigenvalue weighted by molar-refractivity contribution is 7.91. The van der Waals surface area contributed by atoms with Crippen LogP contribution in [0.2, 0.25) is 0 Å². The Hall–Kier alpha value is -4.51. The monoisotopic (exact) mass is 795 g/mol. The molecule has 2 aliphatic carbocycles. The molecule has 0 unspecified atom stereocenters. The molecule has 7 bridgehead atoms. The second-order valence-corrected chi connectivity index (χ2v) is 18.0. The van der Waals surface area contributed by atoms with E-state index in [1.54, 1.807) is 18.2 Å². The summed E-state index contributed by atoms with van der Waals surface area (Å²) in [6, 6.07) is 4.30. The Morgan fingerprint density at radius 2 is 1.78 bits per heavy atom. The van der Waals surface area contributed by atoms with Gasteiger partial charge in [0.25, 0.3) is 11.8 Å². The fraction of sp³-hybridized carbons (Fsp3) is 0.579. The molecule has 5 N–H and O–H groups in total. The first-order valence-corrected chi connectivity index (χ1v) is 21.8. The summed E-state index contributed by atoms with van der Waals surface area (Å²) >= 11 is 1.48. The van der Waals surface area contributed by atoms with Crippen LogP contribution in [0.15, 0.2) is 41.8 Å². The normalized spacial score (nSPS) is 28.5. The number of benzene rings is 1. The molecular weight excluding hydrogens is 747 g/mol. The largest absolute Gasteiger partial charge is 0.450 e. The van der Waals surface area contributed by atoms with Crippen molar-refractivity contribution in [2.75, 3.05) is 25.0 Å². The summed E-state index contributed by atoms with van der Waals surface area (Å²) in [5.74, 6) is -2.79. The van der Waals surface area contributed by atoms with Gasteiger partial charge in [0.2, 0.25) is 21.8 Å². The molecule has 5 atom stereocenters. The third kappa shape index (κ3) is 9.31. The van der Waals surface area contributed by atoms with Crippen LogP contribution in [0.5, 0.6) is 0 Å². The number of fused-ring (bicyclic) bond motifs is 8. The summed E-state index contributed by atoms with van der Waals surface area (Å²) in [4.78, 5) is 75.2. The van der Waals surface area contributed by atoms with Crippen molar-refractivity contribution >= 4 is 56.2 Å². The number of nitrogens with zero attached hydrogens (tertiary/aromatic N) is 2. The van der Waals surface area contributed by atoms with E-state index in [0.717, 1.165) is 55.0 Å². The molecule has 3 aliphatic heterocycles. The molecule has 55 heavy (non-hydrogen) atoms. The van der Waals surface area contributed by atoms with E-state index < -0.39 is 74.6 Å². The number of carbonyl (C=O) groups is 5. The maximum Gasteiger partial charge on any atom is 0.407 e. The minimum absolute atomic E-state index is 0.0276. The molecule has 5 aliphatic rings. The molecule has 2 saturated carbocycles. The average molecular weight is 796 g/mol. The van der Waals surface area contributed by atoms with Crippen LogP contribution in [-0.2, 0) is 29.1 Å². The van der Waals surface area contributed by atoms with Crippen molar-refractivity contribution in [1.29, 1.82) is 0 Å². The van der Waals surface area contributed by atoms with Gasteiger partial charge in [-0.2, -0.15) is 0 Å². The number of nitrogens with one attached hydrogen (secondary N) is 5. The lowest BCUT2D eigenvalue weighted by molar-refractivity contribution is -0.141. The van der Waals surface area contributed by atoms with Gasteiger partial charge in [0.1, 0.15) is 17.6 Å². The van der Waals surface area contributed by atoms with Gasteiger partial charge in [-0.05, 0) is 76.3 Å². The lowest BCUT2D eigenvalue weighted by Gasteiger charge is -2.30. The Labute approximate surface area is 324 Å². The van der Waals surface area contributed by atoms with Crippen LogP contribution in [0.1, 0.15) is 93.8 Å². The van der Waals surface area contributed by atoms with Crippen LogP contribution < -0.4 is 26.0 Å². The van der Waals surface area contributed by atoms with Gasteiger partial charge < -0.3 is 30.9 Å². The maximum absolute atomic E-state index is 14.4. The first kappa shape index (κ1) is 38.8. The Bertz CT molecular complexity index is 1930. The number of anilines is 1. The Kier molecular flexibility index (Phi) is 11.8. The number of carbonyl (C=O) groups excluding carboxylic acids is 5. The minimum atomic E-state index is -3.90. The van der Waals surface area contributed by atoms with Crippen molar-refractivity contribution in [3.63, 3.8) is 0 Å². The Balaban J connectivity index is 1.17. The zero-order chi connectivity index (χ0) is 38.6. The lowest BCUT2D eigenvalue weighted by atomic mass is 10.0. The molecule has 15 nitrogen and oxygen atoms in total. The van der Waals surface area contributed by atoms with Crippen molar-refractivity contribution in [3.8, 4) is 11.3 Å². The van der Waals surface area contributed by atoms with E-state index in [4.69, 9.17) is 9.72 Å². The van der Waals surface area contributed by atoms with Crippen molar-refractivity contribution in [2.45, 2.75) is 112 Å². The first-order valence-electron chi connectivity index (χ1n) is 19.4. The fourth-order valence-electron chi connectivity index (χ4n) is 7.61. The highest BCUT2D eigenvalue weighted by Gasteiger charge is 2.62. The number of thiazole rings is 1. The van der Waals surface area contributed by atoms with Gasteiger partial charge in [-0.25, -0.2) is 18.2 Å². The molecule has 2 aromatic rings. The smallest absolute Gasteiger partial charge is 0.407 e. The van der Waals surface area contributed by atoms with E-state index in [1.807, 2.05) is 23.6 Å². The quantitative estimate of drug-likeness (QED) is 0.286. The molecule has 17 heteroatoms. The van der Waals surface area contributed by atoms with Crippen LogP contribution in [0.4, 0.5) is 9.93 Å². The summed E-state index contributed by atoms with van der Waals surface area (Å²) in [7, 11) is -3.90. The lowest BCUT2D eigenvalue weighted by Crippen LogP contribution is -2.58. The van der Waals surface area contributed by atoms with Crippen LogP contribution in [0, 0.1) is 5.92 Å². The summed E-state index contributed by atoms with van der Waals surface area (Å²) in [5, 5.41) is 14.0. The summed E-state index contributed by atoms with van der Waals surface area (Å²) < 4.78 is 33.3. The highest BCUT2D eigenvalue weighted by Crippen LogP contribution is 2.46. The van der Waals surface area contributed by atoms with Gasteiger partial charge >= 0.3 is 6.09 Å². The molecular formula is C38H49N7O8S2. The Morgan fingerprint density at radius 3 is 2.62 bits per heavy atom. The van der Waals surface area contributed by atoms with E-state index in [-0.39, 0.29) is 26.0 Å². The number of aromatic nitrogens is 1. The average Bonchev–Trinajstić information content (AvgIpc) is 4.04. The van der Waals surface area contributed by atoms with Crippen molar-refractivity contribution in [2.24, 2.45) is 5.92 Å². The second kappa shape index (κ2) is 16.7. The molecule has 0 spiro atoms. The predicted molar refractivity (Wildman–Crippen MR) is 205 cm³/mol. The fourth-order valence-corrected chi connectivity index (χ4v) is 9.72. The van der Waals surface area contributed by atoms with Gasteiger partial charge in [0.15, 0.2) is 5.13 Å².